The molecule has 2 heterocycles. The Labute approximate surface area is 121 Å². The molecule has 0 saturated carbocycles. The van der Waals surface area contributed by atoms with Crippen molar-refractivity contribution in [2.24, 2.45) is 0 Å². The highest BCUT2D eigenvalue weighted by Gasteiger charge is 2.12. The monoisotopic (exact) mass is 312 g/mol. The zero-order valence-electron chi connectivity index (χ0n) is 11.4. The van der Waals surface area contributed by atoms with Crippen LogP contribution < -0.4 is 11.1 Å². The lowest BCUT2D eigenvalue weighted by atomic mass is 10.4. The Balaban J connectivity index is 2.41. The molecule has 114 valence electrons. The highest BCUT2D eigenvalue weighted by Crippen LogP contribution is 2.12. The summed E-state index contributed by atoms with van der Waals surface area (Å²) in [4.78, 5) is 8.36. The lowest BCUT2D eigenvalue weighted by Gasteiger charge is -2.08. The molecule has 2 rings (SSSR count). The second-order valence-electron chi connectivity index (χ2n) is 4.45. The molecule has 9 nitrogen and oxygen atoms in total. The summed E-state index contributed by atoms with van der Waals surface area (Å²) in [7, 11) is -3.23. The molecular weight excluding hydrogens is 296 g/mol. The smallest absolute Gasteiger partial charge is 0.252 e. The standard InChI is InChI=1S/C11H16N6O3S/c1-21(19,20)7-8-6-10(13-3-5-18)15-11(14-8)17-4-2-9(12)16-17/h2,4,6,18H,3,5,7H2,1H3,(H2,12,16)(H,13,14,15). The van der Waals surface area contributed by atoms with Crippen molar-refractivity contribution in [3.8, 4) is 5.95 Å². The van der Waals surface area contributed by atoms with Gasteiger partial charge in [0.2, 0.25) is 0 Å². The van der Waals surface area contributed by atoms with Crippen LogP contribution in [0.5, 0.6) is 0 Å². The summed E-state index contributed by atoms with van der Waals surface area (Å²) in [5.74, 6) is 0.694. The molecule has 21 heavy (non-hydrogen) atoms. The third-order valence-corrected chi connectivity index (χ3v) is 3.23. The molecule has 0 aromatic carbocycles. The third-order valence-electron chi connectivity index (χ3n) is 2.41. The molecule has 0 unspecified atom stereocenters. The molecule has 0 amide bonds. The van der Waals surface area contributed by atoms with E-state index in [2.05, 4.69) is 20.4 Å². The lowest BCUT2D eigenvalue weighted by molar-refractivity contribution is 0.311. The Kier molecular flexibility index (Phi) is 4.38. The third kappa shape index (κ3) is 4.39. The van der Waals surface area contributed by atoms with E-state index in [-0.39, 0.29) is 24.9 Å². The summed E-state index contributed by atoms with van der Waals surface area (Å²) < 4.78 is 24.2. The van der Waals surface area contributed by atoms with Crippen LogP contribution in [0.1, 0.15) is 5.69 Å². The molecule has 0 aliphatic rings. The van der Waals surface area contributed by atoms with E-state index in [4.69, 9.17) is 10.8 Å². The number of nitrogens with two attached hydrogens (primary N) is 1. The first-order valence-corrected chi connectivity index (χ1v) is 8.15. The van der Waals surface area contributed by atoms with Crippen LogP contribution >= 0.6 is 0 Å². The van der Waals surface area contributed by atoms with Crippen molar-refractivity contribution in [3.63, 3.8) is 0 Å². The van der Waals surface area contributed by atoms with Gasteiger partial charge in [-0.15, -0.1) is 5.10 Å². The molecule has 2 aromatic heterocycles. The number of aliphatic hydroxyl groups is 1. The van der Waals surface area contributed by atoms with E-state index in [0.29, 0.717) is 17.3 Å². The molecule has 0 bridgehead atoms. The molecule has 4 N–H and O–H groups in total. The van der Waals surface area contributed by atoms with Gasteiger partial charge < -0.3 is 16.2 Å². The summed E-state index contributed by atoms with van der Waals surface area (Å²) in [6.45, 7) is 0.214. The average Bonchev–Trinajstić information content (AvgIpc) is 2.81. The Morgan fingerprint density at radius 1 is 1.43 bits per heavy atom. The highest BCUT2D eigenvalue weighted by molar-refractivity contribution is 7.89. The van der Waals surface area contributed by atoms with E-state index in [1.807, 2.05) is 0 Å². The first-order chi connectivity index (χ1) is 9.87. The molecule has 0 aliphatic heterocycles. The minimum Gasteiger partial charge on any atom is -0.395 e. The minimum atomic E-state index is -3.23. The molecule has 0 radical (unpaired) electrons. The van der Waals surface area contributed by atoms with Gasteiger partial charge in [0.15, 0.2) is 9.84 Å². The van der Waals surface area contributed by atoms with Crippen LogP contribution in [0.2, 0.25) is 0 Å². The van der Waals surface area contributed by atoms with Crippen LogP contribution in [0, 0.1) is 0 Å². The lowest BCUT2D eigenvalue weighted by Crippen LogP contribution is -2.13. The fourth-order valence-electron chi connectivity index (χ4n) is 1.65. The molecule has 0 aliphatic carbocycles. The fourth-order valence-corrected chi connectivity index (χ4v) is 2.34. The minimum absolute atomic E-state index is 0.0739. The summed E-state index contributed by atoms with van der Waals surface area (Å²) in [5, 5.41) is 15.7. The van der Waals surface area contributed by atoms with Gasteiger partial charge in [-0.2, -0.15) is 4.98 Å². The van der Waals surface area contributed by atoms with Crippen LogP contribution in [-0.4, -0.2) is 52.7 Å². The second-order valence-corrected chi connectivity index (χ2v) is 6.59. The zero-order chi connectivity index (χ0) is 15.5. The second kappa shape index (κ2) is 6.06. The maximum Gasteiger partial charge on any atom is 0.252 e. The topological polar surface area (TPSA) is 136 Å². The average molecular weight is 312 g/mol. The first kappa shape index (κ1) is 15.2. The summed E-state index contributed by atoms with van der Waals surface area (Å²) in [6, 6.07) is 3.10. The van der Waals surface area contributed by atoms with Crippen LogP contribution in [0.4, 0.5) is 11.6 Å². The number of rotatable bonds is 6. The first-order valence-electron chi connectivity index (χ1n) is 6.09. The van der Waals surface area contributed by atoms with Crippen molar-refractivity contribution in [2.75, 3.05) is 30.5 Å². The van der Waals surface area contributed by atoms with Crippen molar-refractivity contribution < 1.29 is 13.5 Å². The molecule has 10 heteroatoms. The highest BCUT2D eigenvalue weighted by atomic mass is 32.2. The summed E-state index contributed by atoms with van der Waals surface area (Å²) >= 11 is 0. The van der Waals surface area contributed by atoms with Gasteiger partial charge in [-0.05, 0) is 0 Å². The van der Waals surface area contributed by atoms with Gasteiger partial charge in [-0.25, -0.2) is 18.1 Å². The molecule has 2 aromatic rings. The van der Waals surface area contributed by atoms with Crippen LogP contribution in [0.25, 0.3) is 5.95 Å². The van der Waals surface area contributed by atoms with Crippen LogP contribution in [0.15, 0.2) is 18.3 Å². The van der Waals surface area contributed by atoms with Gasteiger partial charge in [0.25, 0.3) is 5.95 Å². The van der Waals surface area contributed by atoms with Crippen LogP contribution in [0.3, 0.4) is 0 Å². The Bertz CT molecular complexity index is 727. The van der Waals surface area contributed by atoms with E-state index in [1.165, 1.54) is 10.7 Å². The van der Waals surface area contributed by atoms with Crippen LogP contribution in [-0.2, 0) is 15.6 Å². The number of nitrogens with zero attached hydrogens (tertiary/aromatic N) is 4. The molecule has 0 atom stereocenters. The predicted molar refractivity (Wildman–Crippen MR) is 77.7 cm³/mol. The quantitative estimate of drug-likeness (QED) is 0.630. The fraction of sp³-hybridized carbons (Fsp3) is 0.364. The van der Waals surface area contributed by atoms with Crippen molar-refractivity contribution in [1.82, 2.24) is 19.7 Å². The number of aromatic nitrogens is 4. The SMILES string of the molecule is CS(=O)(=O)Cc1cc(NCCO)nc(-n2ccc(N)n2)n1. The number of hydrogen-bond acceptors (Lipinski definition) is 8. The van der Waals surface area contributed by atoms with E-state index < -0.39 is 9.84 Å². The van der Waals surface area contributed by atoms with Gasteiger partial charge in [0.05, 0.1) is 18.1 Å². The Morgan fingerprint density at radius 2 is 2.19 bits per heavy atom. The van der Waals surface area contributed by atoms with Crippen molar-refractivity contribution >= 4 is 21.5 Å². The number of hydrogen-bond donors (Lipinski definition) is 3. The summed E-state index contributed by atoms with van der Waals surface area (Å²) in [5.41, 5.74) is 5.87. The van der Waals surface area contributed by atoms with Gasteiger partial charge in [0.1, 0.15) is 11.6 Å². The normalized spacial score (nSPS) is 11.5. The number of nitrogen functional groups attached to an aromatic ring is 1. The number of sulfone groups is 1. The van der Waals surface area contributed by atoms with Crippen molar-refractivity contribution in [1.29, 1.82) is 0 Å². The zero-order valence-corrected chi connectivity index (χ0v) is 12.2. The Hall–Kier alpha value is -2.20. The number of aliphatic hydroxyl groups excluding tert-OH is 1. The summed E-state index contributed by atoms with van der Waals surface area (Å²) in [6.07, 6.45) is 2.70. The van der Waals surface area contributed by atoms with E-state index in [1.54, 1.807) is 12.3 Å². The van der Waals surface area contributed by atoms with Crippen molar-refractivity contribution in [2.45, 2.75) is 5.75 Å². The number of nitrogens with one attached hydrogen (secondary N) is 1. The molecule has 0 saturated heterocycles. The maximum absolute atomic E-state index is 11.4. The van der Waals surface area contributed by atoms with Gasteiger partial charge in [-0.3, -0.25) is 0 Å². The predicted octanol–water partition coefficient (Wildman–Crippen LogP) is -0.807. The Morgan fingerprint density at radius 3 is 2.76 bits per heavy atom. The maximum atomic E-state index is 11.4. The van der Waals surface area contributed by atoms with Gasteiger partial charge >= 0.3 is 0 Å². The van der Waals surface area contributed by atoms with E-state index in [9.17, 15) is 8.42 Å². The van der Waals surface area contributed by atoms with Crippen molar-refractivity contribution in [3.05, 3.63) is 24.0 Å². The van der Waals surface area contributed by atoms with Gasteiger partial charge in [-0.1, -0.05) is 0 Å². The molecule has 0 fully saturated rings. The van der Waals surface area contributed by atoms with E-state index in [0.717, 1.165) is 6.26 Å². The van der Waals surface area contributed by atoms with Gasteiger partial charge in [0, 0.05) is 31.1 Å². The molecular formula is C11H16N6O3S. The van der Waals surface area contributed by atoms with E-state index >= 15 is 0 Å². The number of anilines is 2. The largest absolute Gasteiger partial charge is 0.395 e. The molecule has 0 spiro atoms.